The van der Waals surface area contributed by atoms with Gasteiger partial charge in [-0.25, -0.2) is 5.43 Å². The maximum absolute atomic E-state index is 11.7. The van der Waals surface area contributed by atoms with Crippen molar-refractivity contribution in [2.75, 3.05) is 6.61 Å². The number of benzene rings is 2. The average Bonchev–Trinajstić information content (AvgIpc) is 2.50. The van der Waals surface area contributed by atoms with Crippen LogP contribution in [-0.2, 0) is 4.79 Å². The summed E-state index contributed by atoms with van der Waals surface area (Å²) in [6, 6.07) is 10.3. The van der Waals surface area contributed by atoms with Crippen LogP contribution >= 0.6 is 11.6 Å². The van der Waals surface area contributed by atoms with Gasteiger partial charge in [-0.1, -0.05) is 29.3 Å². The molecule has 0 fully saturated rings. The number of nitrogens with one attached hydrogen (secondary N) is 1. The summed E-state index contributed by atoms with van der Waals surface area (Å²) in [4.78, 5) is 11.7. The number of amides is 1. The molecule has 0 unspecified atom stereocenters. The number of hydrogen-bond donors (Lipinski definition) is 2. The summed E-state index contributed by atoms with van der Waals surface area (Å²) in [7, 11) is 0. The Balaban J connectivity index is 1.87. The summed E-state index contributed by atoms with van der Waals surface area (Å²) < 4.78 is 5.44. The summed E-state index contributed by atoms with van der Waals surface area (Å²) in [5.41, 5.74) is 4.83. The fourth-order valence-electron chi connectivity index (χ4n) is 1.94. The van der Waals surface area contributed by atoms with E-state index >= 15 is 0 Å². The minimum absolute atomic E-state index is 0.0268. The molecule has 0 spiro atoms. The summed E-state index contributed by atoms with van der Waals surface area (Å²) in [5, 5.41) is 13.9. The third kappa shape index (κ3) is 5.00. The van der Waals surface area contributed by atoms with Crippen LogP contribution in [0.5, 0.6) is 11.5 Å². The Morgan fingerprint density at radius 1 is 1.30 bits per heavy atom. The zero-order chi connectivity index (χ0) is 16.8. The van der Waals surface area contributed by atoms with Crippen molar-refractivity contribution in [2.24, 2.45) is 5.10 Å². The first-order chi connectivity index (χ1) is 11.0. The van der Waals surface area contributed by atoms with Gasteiger partial charge in [0.05, 0.1) is 6.21 Å². The number of phenols is 1. The van der Waals surface area contributed by atoms with E-state index in [0.29, 0.717) is 16.3 Å². The van der Waals surface area contributed by atoms with Gasteiger partial charge in [0, 0.05) is 10.6 Å². The van der Waals surface area contributed by atoms with Crippen LogP contribution in [0.3, 0.4) is 0 Å². The van der Waals surface area contributed by atoms with Crippen molar-refractivity contribution in [1.82, 2.24) is 5.43 Å². The second-order valence-electron chi connectivity index (χ2n) is 5.05. The lowest BCUT2D eigenvalue weighted by molar-refractivity contribution is -0.123. The van der Waals surface area contributed by atoms with Crippen LogP contribution in [0, 0.1) is 13.8 Å². The van der Waals surface area contributed by atoms with Crippen molar-refractivity contribution in [3.63, 3.8) is 0 Å². The zero-order valence-corrected chi connectivity index (χ0v) is 13.6. The number of carbonyl (C=O) groups is 1. The van der Waals surface area contributed by atoms with E-state index in [1.54, 1.807) is 12.1 Å². The number of aromatic hydroxyl groups is 1. The predicted molar refractivity (Wildman–Crippen MR) is 90.3 cm³/mol. The van der Waals surface area contributed by atoms with Crippen LogP contribution in [0.4, 0.5) is 0 Å². The molecule has 5 nitrogen and oxygen atoms in total. The molecule has 0 bridgehead atoms. The smallest absolute Gasteiger partial charge is 0.277 e. The largest absolute Gasteiger partial charge is 0.507 e. The Morgan fingerprint density at radius 3 is 2.83 bits per heavy atom. The lowest BCUT2D eigenvalue weighted by Crippen LogP contribution is -2.24. The fraction of sp³-hybridized carbons (Fsp3) is 0.176. The van der Waals surface area contributed by atoms with Gasteiger partial charge in [-0.2, -0.15) is 5.10 Å². The molecular weight excluding hydrogens is 316 g/mol. The number of halogens is 1. The second kappa shape index (κ2) is 7.65. The first-order valence-corrected chi connectivity index (χ1v) is 7.34. The van der Waals surface area contributed by atoms with Gasteiger partial charge >= 0.3 is 0 Å². The van der Waals surface area contributed by atoms with E-state index in [1.165, 1.54) is 12.3 Å². The summed E-state index contributed by atoms with van der Waals surface area (Å²) in [6.07, 6.45) is 1.32. The first kappa shape index (κ1) is 16.8. The Labute approximate surface area is 139 Å². The molecule has 0 radical (unpaired) electrons. The molecule has 0 atom stereocenters. The van der Waals surface area contributed by atoms with Gasteiger partial charge in [0.15, 0.2) is 6.61 Å². The molecule has 6 heteroatoms. The monoisotopic (exact) mass is 332 g/mol. The number of rotatable bonds is 5. The minimum Gasteiger partial charge on any atom is -0.507 e. The Hall–Kier alpha value is -2.53. The van der Waals surface area contributed by atoms with Gasteiger partial charge in [-0.3, -0.25) is 4.79 Å². The molecule has 2 aromatic rings. The zero-order valence-electron chi connectivity index (χ0n) is 12.8. The van der Waals surface area contributed by atoms with E-state index in [4.69, 9.17) is 16.3 Å². The van der Waals surface area contributed by atoms with Crippen molar-refractivity contribution in [3.05, 3.63) is 58.1 Å². The number of ether oxygens (including phenoxy) is 1. The highest BCUT2D eigenvalue weighted by Gasteiger charge is 2.04. The molecular formula is C17H17ClN2O3. The number of aryl methyl sites for hydroxylation is 2. The van der Waals surface area contributed by atoms with Crippen molar-refractivity contribution in [1.29, 1.82) is 0 Å². The normalized spacial score (nSPS) is 10.7. The van der Waals surface area contributed by atoms with Crippen LogP contribution in [-0.4, -0.2) is 23.8 Å². The fourth-order valence-corrected chi connectivity index (χ4v) is 2.12. The average molecular weight is 333 g/mol. The van der Waals surface area contributed by atoms with Crippen molar-refractivity contribution >= 4 is 23.7 Å². The third-order valence-electron chi connectivity index (χ3n) is 3.07. The van der Waals surface area contributed by atoms with Gasteiger partial charge in [-0.15, -0.1) is 0 Å². The summed E-state index contributed by atoms with van der Waals surface area (Å²) >= 11 is 5.82. The van der Waals surface area contributed by atoms with Crippen molar-refractivity contribution < 1.29 is 14.6 Å². The van der Waals surface area contributed by atoms with Crippen molar-refractivity contribution in [3.8, 4) is 11.5 Å². The van der Waals surface area contributed by atoms with E-state index in [9.17, 15) is 9.90 Å². The third-order valence-corrected chi connectivity index (χ3v) is 3.31. The van der Waals surface area contributed by atoms with Crippen molar-refractivity contribution in [2.45, 2.75) is 13.8 Å². The lowest BCUT2D eigenvalue weighted by atomic mass is 10.1. The molecule has 1 amide bonds. The van der Waals surface area contributed by atoms with E-state index in [2.05, 4.69) is 10.5 Å². The standard InChI is InChI=1S/C17H17ClN2O3/c1-11-3-6-16(12(2)7-11)23-10-17(22)20-19-9-13-8-14(18)4-5-15(13)21/h3-9,21H,10H2,1-2H3,(H,20,22). The lowest BCUT2D eigenvalue weighted by Gasteiger charge is -2.08. The Bertz CT molecular complexity index is 745. The number of carbonyl (C=O) groups excluding carboxylic acids is 1. The SMILES string of the molecule is Cc1ccc(OCC(=O)NN=Cc2cc(Cl)ccc2O)c(C)c1. The molecule has 0 heterocycles. The molecule has 0 aromatic heterocycles. The number of phenolic OH excluding ortho intramolecular Hbond substituents is 1. The highest BCUT2D eigenvalue weighted by Crippen LogP contribution is 2.20. The molecule has 2 N–H and O–H groups in total. The van der Waals surface area contributed by atoms with Crippen LogP contribution < -0.4 is 10.2 Å². The second-order valence-corrected chi connectivity index (χ2v) is 5.49. The predicted octanol–water partition coefficient (Wildman–Crippen LogP) is 3.19. The van der Waals surface area contributed by atoms with Crippen LogP contribution in [0.1, 0.15) is 16.7 Å². The molecule has 0 aliphatic rings. The molecule has 0 saturated carbocycles. The Kier molecular flexibility index (Phi) is 5.60. The maximum atomic E-state index is 11.7. The topological polar surface area (TPSA) is 70.9 Å². The number of nitrogens with zero attached hydrogens (tertiary/aromatic N) is 1. The highest BCUT2D eigenvalue weighted by molar-refractivity contribution is 6.30. The van der Waals surface area contributed by atoms with Crippen LogP contribution in [0.25, 0.3) is 0 Å². The van der Waals surface area contributed by atoms with Gasteiger partial charge in [0.2, 0.25) is 0 Å². The molecule has 120 valence electrons. The maximum Gasteiger partial charge on any atom is 0.277 e. The first-order valence-electron chi connectivity index (χ1n) is 6.96. The molecule has 2 rings (SSSR count). The van der Waals surface area contributed by atoms with Gasteiger partial charge in [-0.05, 0) is 43.7 Å². The van der Waals surface area contributed by atoms with Crippen LogP contribution in [0.15, 0.2) is 41.5 Å². The van der Waals surface area contributed by atoms with Gasteiger partial charge < -0.3 is 9.84 Å². The molecule has 23 heavy (non-hydrogen) atoms. The molecule has 0 aliphatic heterocycles. The quantitative estimate of drug-likeness (QED) is 0.652. The van der Waals surface area contributed by atoms with Gasteiger partial charge in [0.1, 0.15) is 11.5 Å². The van der Waals surface area contributed by atoms with Gasteiger partial charge in [0.25, 0.3) is 5.91 Å². The number of hydrazone groups is 1. The van der Waals surface area contributed by atoms with E-state index < -0.39 is 5.91 Å². The molecule has 0 saturated heterocycles. The summed E-state index contributed by atoms with van der Waals surface area (Å²) in [5.74, 6) is 0.281. The minimum atomic E-state index is -0.400. The van der Waals surface area contributed by atoms with E-state index in [0.717, 1.165) is 11.1 Å². The Morgan fingerprint density at radius 2 is 2.09 bits per heavy atom. The molecule has 0 aliphatic carbocycles. The van der Waals surface area contributed by atoms with E-state index in [-0.39, 0.29) is 12.4 Å². The number of hydrogen-bond acceptors (Lipinski definition) is 4. The molecule has 2 aromatic carbocycles. The van der Waals surface area contributed by atoms with Crippen LogP contribution in [0.2, 0.25) is 5.02 Å². The van der Waals surface area contributed by atoms with E-state index in [1.807, 2.05) is 32.0 Å². The summed E-state index contributed by atoms with van der Waals surface area (Å²) in [6.45, 7) is 3.76. The highest BCUT2D eigenvalue weighted by atomic mass is 35.5.